The molecule has 130 valence electrons. The van der Waals surface area contributed by atoms with Gasteiger partial charge in [0.05, 0.1) is 4.90 Å². The van der Waals surface area contributed by atoms with E-state index in [-0.39, 0.29) is 15.2 Å². The molecular weight excluding hydrogens is 354 g/mol. The number of hydrogen-bond donors (Lipinski definition) is 0. The molecule has 0 radical (unpaired) electrons. The minimum Gasteiger partial charge on any atom is -0.428 e. The molecule has 0 fully saturated rings. The van der Waals surface area contributed by atoms with Crippen molar-refractivity contribution in [2.75, 3.05) is 0 Å². The van der Waals surface area contributed by atoms with Crippen LogP contribution in [0.3, 0.4) is 0 Å². The Morgan fingerprint density at radius 3 is 2.24 bits per heavy atom. The maximum atomic E-state index is 13.0. The van der Waals surface area contributed by atoms with Crippen LogP contribution >= 0.6 is 11.8 Å². The molecule has 1 heterocycles. The molecule has 3 rings (SSSR count). The third-order valence-corrected chi connectivity index (χ3v) is 6.81. The van der Waals surface area contributed by atoms with Gasteiger partial charge in [-0.15, -0.1) is 0 Å². The zero-order valence-corrected chi connectivity index (χ0v) is 15.7. The van der Waals surface area contributed by atoms with E-state index in [4.69, 9.17) is 4.42 Å². The van der Waals surface area contributed by atoms with Gasteiger partial charge in [-0.05, 0) is 30.7 Å². The second kappa shape index (κ2) is 7.45. The van der Waals surface area contributed by atoms with Crippen molar-refractivity contribution in [3.8, 4) is 11.5 Å². The summed E-state index contributed by atoms with van der Waals surface area (Å²) in [5.41, 5.74) is 0.753. The van der Waals surface area contributed by atoms with Crippen LogP contribution in [0.15, 0.2) is 80.1 Å². The topological polar surface area (TPSA) is 60.2 Å². The molecule has 0 spiro atoms. The monoisotopic (exact) mass is 373 g/mol. The number of thioether (sulfide) groups is 1. The summed E-state index contributed by atoms with van der Waals surface area (Å²) >= 11 is 1.40. The molecule has 3 aromatic rings. The molecule has 0 N–H and O–H groups in total. The fraction of sp³-hybridized carbons (Fsp3) is 0.211. The zero-order chi connectivity index (χ0) is 17.9. The standard InChI is InChI=1S/C19H19NO3S2/c1-3-14(2)24-19-18(25(21,22)16-12-8-5-9-13-16)20-17(23-19)15-10-6-4-7-11-15/h4-14H,3H2,1-2H3/t14-/m0/s1. The van der Waals surface area contributed by atoms with Crippen molar-refractivity contribution in [3.05, 3.63) is 60.7 Å². The quantitative estimate of drug-likeness (QED) is 0.565. The minimum atomic E-state index is -3.74. The zero-order valence-electron chi connectivity index (χ0n) is 14.0. The SMILES string of the molecule is CC[C@H](C)Sc1oc(-c2ccccc2)nc1S(=O)(=O)c1ccccc1. The lowest BCUT2D eigenvalue weighted by atomic mass is 10.2. The Morgan fingerprint density at radius 1 is 1.04 bits per heavy atom. The molecule has 0 bridgehead atoms. The van der Waals surface area contributed by atoms with Gasteiger partial charge in [-0.3, -0.25) is 0 Å². The Balaban J connectivity index is 2.12. The lowest BCUT2D eigenvalue weighted by Gasteiger charge is -2.07. The van der Waals surface area contributed by atoms with Gasteiger partial charge in [-0.25, -0.2) is 8.42 Å². The first-order valence-electron chi connectivity index (χ1n) is 8.05. The van der Waals surface area contributed by atoms with Gasteiger partial charge in [-0.2, -0.15) is 4.98 Å². The average Bonchev–Trinajstić information content (AvgIpc) is 3.07. The number of nitrogens with zero attached hydrogens (tertiary/aromatic N) is 1. The summed E-state index contributed by atoms with van der Waals surface area (Å²) in [6, 6.07) is 17.7. The number of aromatic nitrogens is 1. The number of rotatable bonds is 6. The van der Waals surface area contributed by atoms with Gasteiger partial charge in [0.25, 0.3) is 0 Å². The fourth-order valence-electron chi connectivity index (χ4n) is 2.22. The Morgan fingerprint density at radius 2 is 1.64 bits per heavy atom. The van der Waals surface area contributed by atoms with E-state index in [1.54, 1.807) is 30.3 Å². The Bertz CT molecular complexity index is 935. The van der Waals surface area contributed by atoms with E-state index in [2.05, 4.69) is 11.9 Å². The third kappa shape index (κ3) is 3.80. The molecule has 1 aromatic heterocycles. The lowest BCUT2D eigenvalue weighted by Crippen LogP contribution is -2.04. The summed E-state index contributed by atoms with van der Waals surface area (Å²) < 4.78 is 31.9. The summed E-state index contributed by atoms with van der Waals surface area (Å²) in [4.78, 5) is 4.56. The highest BCUT2D eigenvalue weighted by molar-refractivity contribution is 8.00. The molecule has 1 atom stereocenters. The highest BCUT2D eigenvalue weighted by atomic mass is 32.2. The van der Waals surface area contributed by atoms with E-state index < -0.39 is 9.84 Å². The van der Waals surface area contributed by atoms with E-state index >= 15 is 0 Å². The van der Waals surface area contributed by atoms with E-state index in [9.17, 15) is 8.42 Å². The van der Waals surface area contributed by atoms with Gasteiger partial charge in [0, 0.05) is 10.8 Å². The lowest BCUT2D eigenvalue weighted by molar-refractivity contribution is 0.469. The average molecular weight is 373 g/mol. The van der Waals surface area contributed by atoms with Crippen molar-refractivity contribution >= 4 is 21.6 Å². The Hall–Kier alpha value is -2.05. The summed E-state index contributed by atoms with van der Waals surface area (Å²) in [5, 5.41) is 0.557. The maximum absolute atomic E-state index is 13.0. The Kier molecular flexibility index (Phi) is 5.30. The minimum absolute atomic E-state index is 0.0112. The molecule has 4 nitrogen and oxygen atoms in total. The molecule has 0 saturated carbocycles. The molecular formula is C19H19NO3S2. The van der Waals surface area contributed by atoms with Gasteiger partial charge in [-0.1, -0.05) is 62.0 Å². The smallest absolute Gasteiger partial charge is 0.228 e. The van der Waals surface area contributed by atoms with Crippen molar-refractivity contribution in [2.24, 2.45) is 0 Å². The summed E-state index contributed by atoms with van der Waals surface area (Å²) in [5.74, 6) is 0.320. The molecule has 0 aliphatic heterocycles. The van der Waals surface area contributed by atoms with Gasteiger partial charge in [0.2, 0.25) is 25.8 Å². The first-order valence-corrected chi connectivity index (χ1v) is 10.4. The molecule has 0 aliphatic carbocycles. The second-order valence-corrected chi connectivity index (χ2v) is 8.91. The second-order valence-electron chi connectivity index (χ2n) is 5.63. The first kappa shape index (κ1) is 17.8. The van der Waals surface area contributed by atoms with E-state index in [0.717, 1.165) is 12.0 Å². The van der Waals surface area contributed by atoms with Crippen LogP contribution in [-0.4, -0.2) is 18.7 Å². The van der Waals surface area contributed by atoms with E-state index in [1.165, 1.54) is 11.8 Å². The van der Waals surface area contributed by atoms with Crippen LogP contribution in [0.5, 0.6) is 0 Å². The maximum Gasteiger partial charge on any atom is 0.228 e. The van der Waals surface area contributed by atoms with E-state index in [1.807, 2.05) is 37.3 Å². The van der Waals surface area contributed by atoms with Crippen molar-refractivity contribution in [1.29, 1.82) is 0 Å². The first-order chi connectivity index (χ1) is 12.0. The van der Waals surface area contributed by atoms with Crippen LogP contribution in [0, 0.1) is 0 Å². The van der Waals surface area contributed by atoms with Crippen molar-refractivity contribution < 1.29 is 12.8 Å². The number of benzene rings is 2. The summed E-state index contributed by atoms with van der Waals surface area (Å²) in [6.45, 7) is 4.09. The highest BCUT2D eigenvalue weighted by Crippen LogP contribution is 2.37. The molecule has 2 aromatic carbocycles. The van der Waals surface area contributed by atoms with Crippen LogP contribution in [0.25, 0.3) is 11.5 Å². The molecule has 0 saturated heterocycles. The van der Waals surface area contributed by atoms with Crippen LogP contribution in [0.2, 0.25) is 0 Å². The largest absolute Gasteiger partial charge is 0.428 e. The van der Waals surface area contributed by atoms with Gasteiger partial charge < -0.3 is 4.42 Å². The van der Waals surface area contributed by atoms with E-state index in [0.29, 0.717) is 11.0 Å². The van der Waals surface area contributed by atoms with Gasteiger partial charge in [0.15, 0.2) is 0 Å². The molecule has 25 heavy (non-hydrogen) atoms. The normalized spacial score (nSPS) is 12.9. The summed E-state index contributed by atoms with van der Waals surface area (Å²) in [7, 11) is -3.74. The van der Waals surface area contributed by atoms with Crippen molar-refractivity contribution in [2.45, 2.75) is 40.5 Å². The summed E-state index contributed by atoms with van der Waals surface area (Å²) in [6.07, 6.45) is 0.900. The Labute approximate surface area is 152 Å². The predicted molar refractivity (Wildman–Crippen MR) is 99.4 cm³/mol. The van der Waals surface area contributed by atoms with Crippen LogP contribution in [0.4, 0.5) is 0 Å². The molecule has 0 aliphatic rings. The van der Waals surface area contributed by atoms with Crippen molar-refractivity contribution in [3.63, 3.8) is 0 Å². The molecule has 0 amide bonds. The van der Waals surface area contributed by atoms with Crippen LogP contribution in [-0.2, 0) is 9.84 Å². The van der Waals surface area contributed by atoms with Gasteiger partial charge >= 0.3 is 0 Å². The van der Waals surface area contributed by atoms with Crippen LogP contribution in [0.1, 0.15) is 20.3 Å². The predicted octanol–water partition coefficient (Wildman–Crippen LogP) is 5.07. The highest BCUT2D eigenvalue weighted by Gasteiger charge is 2.29. The molecule has 6 heteroatoms. The fourth-order valence-corrected chi connectivity index (χ4v) is 4.70. The number of hydrogen-bond acceptors (Lipinski definition) is 5. The van der Waals surface area contributed by atoms with Crippen molar-refractivity contribution in [1.82, 2.24) is 4.98 Å². The number of oxazole rings is 1. The van der Waals surface area contributed by atoms with Crippen LogP contribution < -0.4 is 0 Å². The molecule has 0 unspecified atom stereocenters. The third-order valence-electron chi connectivity index (χ3n) is 3.78. The van der Waals surface area contributed by atoms with Gasteiger partial charge in [0.1, 0.15) is 0 Å². The number of sulfone groups is 1.